The van der Waals surface area contributed by atoms with Gasteiger partial charge in [-0.3, -0.25) is 0 Å². The van der Waals surface area contributed by atoms with Gasteiger partial charge in [0.25, 0.3) is 0 Å². The molecule has 6 heteroatoms. The summed E-state index contributed by atoms with van der Waals surface area (Å²) in [4.78, 5) is 12.6. The molecule has 6 nitrogen and oxygen atoms in total. The molecule has 0 unspecified atom stereocenters. The van der Waals surface area contributed by atoms with Gasteiger partial charge in [-0.15, -0.1) is 0 Å². The Kier molecular flexibility index (Phi) is 8.88. The topological polar surface area (TPSA) is 63.2 Å². The summed E-state index contributed by atoms with van der Waals surface area (Å²) in [5.41, 5.74) is 2.07. The Bertz CT molecular complexity index is 1060. The molecule has 1 heterocycles. The van der Waals surface area contributed by atoms with Gasteiger partial charge in [0.1, 0.15) is 24.9 Å². The van der Waals surface area contributed by atoms with Crippen molar-refractivity contribution in [2.24, 2.45) is 0 Å². The molecule has 1 aliphatic rings. The highest BCUT2D eigenvalue weighted by Gasteiger charge is 2.49. The average molecular weight is 491 g/mol. The van der Waals surface area contributed by atoms with Crippen molar-refractivity contribution >= 4 is 5.97 Å². The van der Waals surface area contributed by atoms with E-state index in [4.69, 9.17) is 23.7 Å². The van der Waals surface area contributed by atoms with Crippen LogP contribution in [0.1, 0.15) is 42.3 Å². The maximum absolute atomic E-state index is 12.6. The molecule has 1 fully saturated rings. The largest absolute Gasteiger partial charge is 0.459 e. The molecule has 0 bridgehead atoms. The SMILES string of the molecule is CC(C)(C)O[C@@H]1O[C@H](COC(=O)c2ccccc2)[C@@H](OCc2ccccc2)[C@@H]1OCc1ccccc1. The molecule has 0 saturated carbocycles. The molecule has 0 spiro atoms. The fourth-order valence-electron chi connectivity index (χ4n) is 4.00. The van der Waals surface area contributed by atoms with Gasteiger partial charge < -0.3 is 23.7 Å². The van der Waals surface area contributed by atoms with Crippen LogP contribution in [0.3, 0.4) is 0 Å². The van der Waals surface area contributed by atoms with Crippen molar-refractivity contribution in [2.75, 3.05) is 6.61 Å². The maximum atomic E-state index is 12.6. The summed E-state index contributed by atoms with van der Waals surface area (Å²) in [5, 5.41) is 0. The van der Waals surface area contributed by atoms with E-state index in [0.29, 0.717) is 18.8 Å². The van der Waals surface area contributed by atoms with Gasteiger partial charge in [0.05, 0.1) is 24.4 Å². The first-order valence-electron chi connectivity index (χ1n) is 12.3. The van der Waals surface area contributed by atoms with Gasteiger partial charge in [0.15, 0.2) is 6.29 Å². The summed E-state index contributed by atoms with van der Waals surface area (Å²) >= 11 is 0. The summed E-state index contributed by atoms with van der Waals surface area (Å²) < 4.78 is 30.9. The number of benzene rings is 3. The second-order valence-electron chi connectivity index (χ2n) is 9.76. The summed E-state index contributed by atoms with van der Waals surface area (Å²) in [6.07, 6.45) is -2.28. The molecule has 0 aromatic heterocycles. The molecular weight excluding hydrogens is 456 g/mol. The average Bonchev–Trinajstić information content (AvgIpc) is 3.20. The van der Waals surface area contributed by atoms with Crippen LogP contribution in [0.15, 0.2) is 91.0 Å². The van der Waals surface area contributed by atoms with E-state index >= 15 is 0 Å². The quantitative estimate of drug-likeness (QED) is 0.347. The van der Waals surface area contributed by atoms with E-state index in [0.717, 1.165) is 11.1 Å². The van der Waals surface area contributed by atoms with E-state index in [2.05, 4.69) is 0 Å². The number of rotatable bonds is 10. The van der Waals surface area contributed by atoms with Crippen molar-refractivity contribution in [1.82, 2.24) is 0 Å². The molecule has 3 aromatic rings. The summed E-state index contributed by atoms with van der Waals surface area (Å²) in [7, 11) is 0. The van der Waals surface area contributed by atoms with Crippen LogP contribution >= 0.6 is 0 Å². The lowest BCUT2D eigenvalue weighted by molar-refractivity contribution is -0.224. The van der Waals surface area contributed by atoms with E-state index in [1.54, 1.807) is 24.3 Å². The first-order chi connectivity index (χ1) is 17.4. The van der Waals surface area contributed by atoms with Gasteiger partial charge in [-0.2, -0.15) is 0 Å². The third-order valence-electron chi connectivity index (χ3n) is 5.70. The molecule has 190 valence electrons. The van der Waals surface area contributed by atoms with Crippen molar-refractivity contribution < 1.29 is 28.5 Å². The normalized spacial score (nSPS) is 21.9. The summed E-state index contributed by atoms with van der Waals surface area (Å²) in [5.74, 6) is -0.414. The second-order valence-corrected chi connectivity index (χ2v) is 9.76. The molecule has 0 amide bonds. The van der Waals surface area contributed by atoms with Crippen LogP contribution in [0.4, 0.5) is 0 Å². The highest BCUT2D eigenvalue weighted by atomic mass is 16.7. The first-order valence-corrected chi connectivity index (χ1v) is 12.3. The molecular formula is C30H34O6. The van der Waals surface area contributed by atoms with Crippen LogP contribution in [-0.4, -0.2) is 42.8 Å². The van der Waals surface area contributed by atoms with Gasteiger partial charge in [0.2, 0.25) is 0 Å². The lowest BCUT2D eigenvalue weighted by Gasteiger charge is -2.29. The minimum Gasteiger partial charge on any atom is -0.459 e. The van der Waals surface area contributed by atoms with E-state index in [9.17, 15) is 4.79 Å². The molecule has 3 aromatic carbocycles. The Balaban J connectivity index is 1.52. The van der Waals surface area contributed by atoms with Crippen molar-refractivity contribution in [1.29, 1.82) is 0 Å². The number of hydrogen-bond acceptors (Lipinski definition) is 6. The van der Waals surface area contributed by atoms with Crippen molar-refractivity contribution in [3.05, 3.63) is 108 Å². The first kappa shape index (κ1) is 26.0. The number of hydrogen-bond donors (Lipinski definition) is 0. The zero-order valence-corrected chi connectivity index (χ0v) is 21.0. The zero-order valence-electron chi connectivity index (χ0n) is 21.0. The second kappa shape index (κ2) is 12.3. The summed E-state index contributed by atoms with van der Waals surface area (Å²) in [6, 6.07) is 28.7. The number of carbonyl (C=O) groups excluding carboxylic acids is 1. The van der Waals surface area contributed by atoms with Crippen LogP contribution in [-0.2, 0) is 36.9 Å². The Morgan fingerprint density at radius 2 is 1.25 bits per heavy atom. The predicted molar refractivity (Wildman–Crippen MR) is 136 cm³/mol. The molecule has 1 aliphatic heterocycles. The lowest BCUT2D eigenvalue weighted by Crippen LogP contribution is -2.41. The van der Waals surface area contributed by atoms with Gasteiger partial charge in [-0.1, -0.05) is 78.9 Å². The zero-order chi connectivity index (χ0) is 25.4. The molecule has 36 heavy (non-hydrogen) atoms. The summed E-state index contributed by atoms with van der Waals surface area (Å²) in [6.45, 7) is 6.65. The highest BCUT2D eigenvalue weighted by Crippen LogP contribution is 2.32. The van der Waals surface area contributed by atoms with Crippen LogP contribution in [0.25, 0.3) is 0 Å². The number of carbonyl (C=O) groups is 1. The van der Waals surface area contributed by atoms with Crippen LogP contribution < -0.4 is 0 Å². The Labute approximate surface area is 213 Å². The van der Waals surface area contributed by atoms with Crippen LogP contribution in [0.2, 0.25) is 0 Å². The fraction of sp³-hybridized carbons (Fsp3) is 0.367. The van der Waals surface area contributed by atoms with E-state index in [1.165, 1.54) is 0 Å². The third kappa shape index (κ3) is 7.48. The predicted octanol–water partition coefficient (Wildman–Crippen LogP) is 5.55. The smallest absolute Gasteiger partial charge is 0.338 e. The van der Waals surface area contributed by atoms with Gasteiger partial charge in [0, 0.05) is 0 Å². The molecule has 0 aliphatic carbocycles. The van der Waals surface area contributed by atoms with E-state index in [-0.39, 0.29) is 6.61 Å². The van der Waals surface area contributed by atoms with Crippen LogP contribution in [0.5, 0.6) is 0 Å². The van der Waals surface area contributed by atoms with Crippen LogP contribution in [0, 0.1) is 0 Å². The Morgan fingerprint density at radius 1 is 0.750 bits per heavy atom. The van der Waals surface area contributed by atoms with Gasteiger partial charge in [-0.25, -0.2) is 4.79 Å². The fourth-order valence-corrected chi connectivity index (χ4v) is 4.00. The molecule has 0 radical (unpaired) electrons. The maximum Gasteiger partial charge on any atom is 0.338 e. The molecule has 4 rings (SSSR count). The minimum atomic E-state index is -0.685. The van der Waals surface area contributed by atoms with Crippen molar-refractivity contribution in [3.63, 3.8) is 0 Å². The van der Waals surface area contributed by atoms with E-state index < -0.39 is 36.2 Å². The molecule has 4 atom stereocenters. The lowest BCUT2D eigenvalue weighted by atomic mass is 10.1. The van der Waals surface area contributed by atoms with Crippen molar-refractivity contribution in [2.45, 2.75) is 64.2 Å². The molecule has 0 N–H and O–H groups in total. The Hall–Kier alpha value is -3.03. The van der Waals surface area contributed by atoms with Gasteiger partial charge >= 0.3 is 5.97 Å². The number of ether oxygens (including phenoxy) is 5. The highest BCUT2D eigenvalue weighted by molar-refractivity contribution is 5.89. The number of esters is 1. The Morgan fingerprint density at radius 3 is 1.78 bits per heavy atom. The molecule has 1 saturated heterocycles. The van der Waals surface area contributed by atoms with Gasteiger partial charge in [-0.05, 0) is 44.0 Å². The third-order valence-corrected chi connectivity index (χ3v) is 5.70. The van der Waals surface area contributed by atoms with E-state index in [1.807, 2.05) is 87.5 Å². The van der Waals surface area contributed by atoms with Crippen molar-refractivity contribution in [3.8, 4) is 0 Å². The standard InChI is InChI=1S/C30H34O6/c1-30(2,3)36-29-27(33-20-23-15-9-5-10-16-23)26(32-19-22-13-7-4-8-14-22)25(35-29)21-34-28(31)24-17-11-6-12-18-24/h4-18,25-27,29H,19-21H2,1-3H3/t25-,26-,27+,29+/m1/s1. The monoisotopic (exact) mass is 490 g/mol. The minimum absolute atomic E-state index is 0.0163.